The maximum atomic E-state index is 11.5. The van der Waals surface area contributed by atoms with E-state index in [2.05, 4.69) is 0 Å². The lowest BCUT2D eigenvalue weighted by Gasteiger charge is -2.11. The minimum absolute atomic E-state index is 0.135. The van der Waals surface area contributed by atoms with Crippen molar-refractivity contribution in [1.82, 2.24) is 9.21 Å². The Hall–Kier alpha value is -1.01. The second-order valence-electron chi connectivity index (χ2n) is 3.18. The van der Waals surface area contributed by atoms with E-state index in [-0.39, 0.29) is 18.5 Å². The van der Waals surface area contributed by atoms with Crippen LogP contribution >= 0.6 is 23.3 Å². The van der Waals surface area contributed by atoms with Crippen molar-refractivity contribution in [2.24, 2.45) is 0 Å². The summed E-state index contributed by atoms with van der Waals surface area (Å²) >= 11 is 2.89. The van der Waals surface area contributed by atoms with Gasteiger partial charge in [-0.25, -0.2) is 9.10 Å². The van der Waals surface area contributed by atoms with Crippen molar-refractivity contribution in [1.29, 1.82) is 0 Å². The first-order valence-electron chi connectivity index (χ1n) is 4.42. The Balaban J connectivity index is 1.95. The van der Waals surface area contributed by atoms with Crippen LogP contribution in [0.5, 0.6) is 0 Å². The molecule has 6 heteroatoms. The first-order valence-corrected chi connectivity index (χ1v) is 6.24. The van der Waals surface area contributed by atoms with Crippen LogP contribution in [0.1, 0.15) is 4.88 Å². The maximum absolute atomic E-state index is 11.5. The average Bonchev–Trinajstić information content (AvgIpc) is 2.76. The summed E-state index contributed by atoms with van der Waals surface area (Å²) in [7, 11) is 1.63. The zero-order valence-corrected chi connectivity index (χ0v) is 9.81. The fourth-order valence-corrected chi connectivity index (χ4v) is 2.97. The van der Waals surface area contributed by atoms with Crippen LogP contribution in [0.15, 0.2) is 17.5 Å². The highest BCUT2D eigenvalue weighted by Gasteiger charge is 2.34. The third-order valence-corrected chi connectivity index (χ3v) is 4.13. The van der Waals surface area contributed by atoms with E-state index in [0.717, 1.165) is 4.88 Å². The Morgan fingerprint density at radius 3 is 2.87 bits per heavy atom. The number of nitrogens with zero attached hydrogens (tertiary/aromatic N) is 2. The van der Waals surface area contributed by atoms with E-state index in [9.17, 15) is 9.59 Å². The third-order valence-electron chi connectivity index (χ3n) is 2.02. The topological polar surface area (TPSA) is 40.6 Å². The number of likely N-dealkylation sites (N-methyl/N-ethyl adjacent to an activating group) is 1. The molecule has 0 atom stereocenters. The molecule has 1 aromatic heterocycles. The normalized spacial score (nSPS) is 16.6. The van der Waals surface area contributed by atoms with Gasteiger partial charge in [-0.05, 0) is 23.4 Å². The standard InChI is InChI=1S/C9H10N2O2S2/c1-10-5-8(12)11(9(10)13)15-6-7-3-2-4-14-7/h2-4H,5-6H2,1H3. The summed E-state index contributed by atoms with van der Waals surface area (Å²) in [5.41, 5.74) is 0. The van der Waals surface area contributed by atoms with Gasteiger partial charge in [-0.1, -0.05) is 6.07 Å². The number of hydrogen-bond donors (Lipinski definition) is 0. The molecule has 0 aromatic carbocycles. The number of amides is 3. The van der Waals surface area contributed by atoms with E-state index >= 15 is 0 Å². The molecule has 0 N–H and O–H groups in total. The molecule has 0 aliphatic carbocycles. The summed E-state index contributed by atoms with van der Waals surface area (Å²) in [5, 5.41) is 1.98. The Morgan fingerprint density at radius 2 is 2.33 bits per heavy atom. The molecule has 1 saturated heterocycles. The minimum atomic E-state index is -0.221. The molecule has 15 heavy (non-hydrogen) atoms. The predicted octanol–water partition coefficient (Wildman–Crippen LogP) is 1.79. The number of hydrogen-bond acceptors (Lipinski definition) is 4. The Bertz CT molecular complexity index is 377. The van der Waals surface area contributed by atoms with Gasteiger partial charge < -0.3 is 4.90 Å². The number of imide groups is 1. The van der Waals surface area contributed by atoms with Crippen LogP contribution in [0, 0.1) is 0 Å². The minimum Gasteiger partial charge on any atom is -0.317 e. The zero-order valence-electron chi connectivity index (χ0n) is 8.17. The molecular formula is C9H10N2O2S2. The lowest BCUT2D eigenvalue weighted by Crippen LogP contribution is -2.25. The summed E-state index contributed by atoms with van der Waals surface area (Å²) in [5.74, 6) is 0.534. The van der Waals surface area contributed by atoms with Gasteiger partial charge >= 0.3 is 6.03 Å². The van der Waals surface area contributed by atoms with Gasteiger partial charge in [-0.2, -0.15) is 0 Å². The molecule has 0 saturated carbocycles. The lowest BCUT2D eigenvalue weighted by atomic mass is 10.5. The van der Waals surface area contributed by atoms with Crippen molar-refractivity contribution in [2.45, 2.75) is 5.75 Å². The van der Waals surface area contributed by atoms with E-state index < -0.39 is 0 Å². The predicted molar refractivity (Wildman–Crippen MR) is 60.5 cm³/mol. The zero-order chi connectivity index (χ0) is 10.8. The van der Waals surface area contributed by atoms with Crippen LogP contribution in [0.4, 0.5) is 4.79 Å². The van der Waals surface area contributed by atoms with Crippen molar-refractivity contribution in [3.63, 3.8) is 0 Å². The molecule has 0 radical (unpaired) electrons. The van der Waals surface area contributed by atoms with E-state index in [1.807, 2.05) is 17.5 Å². The molecule has 1 aliphatic rings. The van der Waals surface area contributed by atoms with Gasteiger partial charge in [0.1, 0.15) is 6.54 Å². The van der Waals surface area contributed by atoms with Crippen molar-refractivity contribution in [2.75, 3.05) is 13.6 Å². The Kier molecular flexibility index (Phi) is 2.97. The van der Waals surface area contributed by atoms with E-state index in [4.69, 9.17) is 0 Å². The van der Waals surface area contributed by atoms with Crippen LogP contribution in [0.2, 0.25) is 0 Å². The molecule has 1 aromatic rings. The molecule has 3 amide bonds. The van der Waals surface area contributed by atoms with Gasteiger partial charge in [0.2, 0.25) is 0 Å². The Morgan fingerprint density at radius 1 is 1.53 bits per heavy atom. The van der Waals surface area contributed by atoms with Crippen molar-refractivity contribution >= 4 is 35.2 Å². The number of rotatable bonds is 3. The third kappa shape index (κ3) is 2.15. The largest absolute Gasteiger partial charge is 0.337 e. The molecule has 4 nitrogen and oxygen atoms in total. The van der Waals surface area contributed by atoms with E-state index in [1.165, 1.54) is 21.2 Å². The summed E-state index contributed by atoms with van der Waals surface area (Å²) in [4.78, 5) is 25.5. The smallest absolute Gasteiger partial charge is 0.317 e. The van der Waals surface area contributed by atoms with Crippen LogP contribution < -0.4 is 0 Å². The quantitative estimate of drug-likeness (QED) is 0.599. The molecule has 2 rings (SSSR count). The summed E-state index contributed by atoms with van der Waals surface area (Å²) in [6.07, 6.45) is 0. The first kappa shape index (κ1) is 10.5. The molecule has 1 aliphatic heterocycles. The van der Waals surface area contributed by atoms with Gasteiger partial charge in [-0.3, -0.25) is 4.79 Å². The number of thiophene rings is 1. The van der Waals surface area contributed by atoms with Crippen LogP contribution in [0.3, 0.4) is 0 Å². The van der Waals surface area contributed by atoms with Crippen molar-refractivity contribution < 1.29 is 9.59 Å². The number of carbonyl (C=O) groups is 2. The second-order valence-corrected chi connectivity index (χ2v) is 5.12. The lowest BCUT2D eigenvalue weighted by molar-refractivity contribution is -0.121. The molecule has 0 unspecified atom stereocenters. The first-order chi connectivity index (χ1) is 7.18. The molecule has 2 heterocycles. The highest BCUT2D eigenvalue weighted by Crippen LogP contribution is 2.24. The van der Waals surface area contributed by atoms with Crippen LogP contribution in [-0.2, 0) is 10.5 Å². The monoisotopic (exact) mass is 242 g/mol. The maximum Gasteiger partial charge on any atom is 0.337 e. The van der Waals surface area contributed by atoms with E-state index in [0.29, 0.717) is 5.75 Å². The molecular weight excluding hydrogens is 232 g/mol. The summed E-state index contributed by atoms with van der Waals surface area (Å²) < 4.78 is 1.24. The molecule has 1 fully saturated rings. The SMILES string of the molecule is CN1CC(=O)N(SCc2cccs2)C1=O. The van der Waals surface area contributed by atoms with Crippen molar-refractivity contribution in [3.8, 4) is 0 Å². The summed E-state index contributed by atoms with van der Waals surface area (Å²) in [6.45, 7) is 0.191. The van der Waals surface area contributed by atoms with Crippen LogP contribution in [0.25, 0.3) is 0 Å². The van der Waals surface area contributed by atoms with Gasteiger partial charge in [0.05, 0.1) is 0 Å². The number of carbonyl (C=O) groups excluding carboxylic acids is 2. The van der Waals surface area contributed by atoms with Crippen LogP contribution in [-0.4, -0.2) is 34.7 Å². The fourth-order valence-electron chi connectivity index (χ4n) is 1.25. The van der Waals surface area contributed by atoms with Gasteiger partial charge in [0, 0.05) is 17.7 Å². The summed E-state index contributed by atoms with van der Waals surface area (Å²) in [6, 6.07) is 3.73. The van der Waals surface area contributed by atoms with Crippen molar-refractivity contribution in [3.05, 3.63) is 22.4 Å². The van der Waals surface area contributed by atoms with Gasteiger partial charge in [-0.15, -0.1) is 11.3 Å². The fraction of sp³-hybridized carbons (Fsp3) is 0.333. The molecule has 0 bridgehead atoms. The highest BCUT2D eigenvalue weighted by molar-refractivity contribution is 7.97. The Labute approximate surface area is 96.0 Å². The van der Waals surface area contributed by atoms with E-state index in [1.54, 1.807) is 18.4 Å². The average molecular weight is 242 g/mol. The van der Waals surface area contributed by atoms with Gasteiger partial charge in [0.25, 0.3) is 5.91 Å². The second kappa shape index (κ2) is 4.24. The number of urea groups is 1. The van der Waals surface area contributed by atoms with Gasteiger partial charge in [0.15, 0.2) is 0 Å². The molecule has 0 spiro atoms. The molecule has 80 valence electrons. The highest BCUT2D eigenvalue weighted by atomic mass is 32.2.